The monoisotopic (exact) mass is 812 g/mol. The first-order valence-corrected chi connectivity index (χ1v) is 22.0. The third-order valence-corrected chi connectivity index (χ3v) is 12.9. The zero-order valence-corrected chi connectivity index (χ0v) is 35.7. The molecule has 1 aromatic heterocycles. The van der Waals surface area contributed by atoms with Gasteiger partial charge in [-0.2, -0.15) is 0 Å². The van der Waals surface area contributed by atoms with E-state index >= 15 is 4.79 Å². The molecule has 5 amide bonds. The fourth-order valence-electron chi connectivity index (χ4n) is 9.72. The molecule has 1 aliphatic heterocycles. The molecule has 0 radical (unpaired) electrons. The molecule has 4 fully saturated rings. The number of aromatic nitrogens is 1. The van der Waals surface area contributed by atoms with E-state index in [0.29, 0.717) is 41.6 Å². The Labute approximate surface area is 348 Å². The van der Waals surface area contributed by atoms with Crippen molar-refractivity contribution >= 4 is 41.1 Å². The number of fused-ring (bicyclic) bond motifs is 1. The van der Waals surface area contributed by atoms with Crippen molar-refractivity contribution in [2.45, 2.75) is 168 Å². The molecule has 2 aromatic rings. The molecular weight excluding hydrogens is 749 g/mol. The summed E-state index contributed by atoms with van der Waals surface area (Å²) in [5.74, 6) is -3.53. The lowest BCUT2D eigenvalue weighted by molar-refractivity contribution is -0.147. The van der Waals surface area contributed by atoms with Gasteiger partial charge in [0.25, 0.3) is 11.8 Å². The number of nitrogens with zero attached hydrogens (tertiary/aromatic N) is 1. The van der Waals surface area contributed by atoms with Gasteiger partial charge in [0.1, 0.15) is 23.8 Å². The largest absolute Gasteiger partial charge is 0.353 e. The summed E-state index contributed by atoms with van der Waals surface area (Å²) in [6.07, 6.45) is 10.6. The molecule has 0 bridgehead atoms. The topological polar surface area (TPSA) is 187 Å². The van der Waals surface area contributed by atoms with Gasteiger partial charge in [-0.05, 0) is 88.0 Å². The predicted molar refractivity (Wildman–Crippen MR) is 224 cm³/mol. The molecule has 320 valence electrons. The van der Waals surface area contributed by atoms with E-state index in [1.807, 2.05) is 58.0 Å². The molecule has 6 rings (SSSR count). The summed E-state index contributed by atoms with van der Waals surface area (Å²) in [4.78, 5) is 102. The molecule has 0 spiro atoms. The standard InChI is InChI=1S/C46H64N6O7/c1-7-16-32(39(54)44(58)48-31-23-24-31)49-41(55)34-25-30-21-14-15-22-33(30)52(34)45(59)40(46(4,5)6)51-42(56)37(29-19-12-9-13-20-29)50-43(57)38-36(28-17-10-8-11-18-28)35(27(3)53)26(2)47-38/h8,10-11,17-18,29-34,37,40,47H,7,9,12-16,19-25H2,1-6H3,(H,48,58)(H,49,55)(H,50,57)(H,51,56)/t30-,32-,33-,34-,37-,40+/m0/s1. The molecule has 2 heterocycles. The number of rotatable bonds is 15. The molecule has 1 aromatic carbocycles. The van der Waals surface area contributed by atoms with Crippen LogP contribution < -0.4 is 21.3 Å². The van der Waals surface area contributed by atoms with Crippen LogP contribution in [-0.2, 0) is 24.0 Å². The highest BCUT2D eigenvalue weighted by atomic mass is 16.2. The van der Waals surface area contributed by atoms with Gasteiger partial charge in [0.2, 0.25) is 23.5 Å². The molecule has 6 atom stereocenters. The quantitative estimate of drug-likeness (QED) is 0.113. The molecule has 3 saturated carbocycles. The second kappa shape index (κ2) is 18.6. The Morgan fingerprint density at radius 1 is 0.847 bits per heavy atom. The number of ketones is 2. The molecule has 3 aliphatic carbocycles. The van der Waals surface area contributed by atoms with Crippen LogP contribution in [0.15, 0.2) is 30.3 Å². The maximum absolute atomic E-state index is 15.1. The van der Waals surface area contributed by atoms with E-state index in [1.54, 1.807) is 11.8 Å². The van der Waals surface area contributed by atoms with Gasteiger partial charge in [-0.15, -0.1) is 0 Å². The van der Waals surface area contributed by atoms with Crippen LogP contribution in [0.25, 0.3) is 11.1 Å². The van der Waals surface area contributed by atoms with E-state index < -0.39 is 59.0 Å². The number of aryl methyl sites for hydroxylation is 1. The highest BCUT2D eigenvalue weighted by Gasteiger charge is 2.51. The summed E-state index contributed by atoms with van der Waals surface area (Å²) in [7, 11) is 0. The van der Waals surface area contributed by atoms with Gasteiger partial charge in [0, 0.05) is 28.9 Å². The van der Waals surface area contributed by atoms with Crippen LogP contribution in [0.4, 0.5) is 0 Å². The molecular formula is C46H64N6O7. The Bertz CT molecular complexity index is 1910. The third kappa shape index (κ3) is 9.98. The first-order valence-electron chi connectivity index (χ1n) is 22.0. The highest BCUT2D eigenvalue weighted by molar-refractivity contribution is 6.38. The van der Waals surface area contributed by atoms with Crippen molar-refractivity contribution in [3.05, 3.63) is 47.3 Å². The number of likely N-dealkylation sites (tertiary alicyclic amines) is 1. The Balaban J connectivity index is 1.27. The third-order valence-electron chi connectivity index (χ3n) is 12.9. The maximum Gasteiger partial charge on any atom is 0.289 e. The van der Waals surface area contributed by atoms with Gasteiger partial charge in [-0.1, -0.05) is 96.6 Å². The minimum absolute atomic E-state index is 0.00455. The van der Waals surface area contributed by atoms with Crippen molar-refractivity contribution in [3.8, 4) is 11.1 Å². The average Bonchev–Trinajstić information content (AvgIpc) is 3.83. The first-order chi connectivity index (χ1) is 28.1. The summed E-state index contributed by atoms with van der Waals surface area (Å²) >= 11 is 0. The van der Waals surface area contributed by atoms with E-state index in [4.69, 9.17) is 0 Å². The molecule has 5 N–H and O–H groups in total. The van der Waals surface area contributed by atoms with E-state index in [-0.39, 0.29) is 47.7 Å². The lowest BCUT2D eigenvalue weighted by Crippen LogP contribution is -2.63. The zero-order valence-electron chi connectivity index (χ0n) is 35.7. The van der Waals surface area contributed by atoms with Crippen LogP contribution in [0.5, 0.6) is 0 Å². The normalized spacial score (nSPS) is 22.3. The van der Waals surface area contributed by atoms with E-state index in [9.17, 15) is 28.8 Å². The van der Waals surface area contributed by atoms with Crippen LogP contribution in [0.3, 0.4) is 0 Å². The van der Waals surface area contributed by atoms with E-state index in [1.165, 1.54) is 6.92 Å². The second-order valence-electron chi connectivity index (χ2n) is 18.5. The molecule has 4 aliphatic rings. The van der Waals surface area contributed by atoms with E-state index in [2.05, 4.69) is 26.3 Å². The zero-order chi connectivity index (χ0) is 42.6. The van der Waals surface area contributed by atoms with Crippen LogP contribution in [-0.4, -0.2) is 87.2 Å². The van der Waals surface area contributed by atoms with Gasteiger partial charge in [0.15, 0.2) is 5.78 Å². The van der Waals surface area contributed by atoms with Gasteiger partial charge >= 0.3 is 0 Å². The number of carbonyl (C=O) groups is 7. The number of H-pyrrole nitrogens is 1. The predicted octanol–water partition coefficient (Wildman–Crippen LogP) is 5.69. The number of aromatic amines is 1. The first kappa shape index (κ1) is 43.8. The number of carbonyl (C=O) groups excluding carboxylic acids is 7. The highest BCUT2D eigenvalue weighted by Crippen LogP contribution is 2.41. The SMILES string of the molecule is CCC[C@H](NC(=O)[C@@H]1C[C@@H]2CCCC[C@@H]2N1C(=O)[C@@H](NC(=O)[C@@H](NC(=O)c1[nH]c(C)c(C(C)=O)c1-c1ccccc1)C1CCCCC1)C(C)(C)C)C(=O)C(=O)NC1CC1. The van der Waals surface area contributed by atoms with Crippen LogP contribution >= 0.6 is 0 Å². The van der Waals surface area contributed by atoms with Crippen molar-refractivity contribution in [3.63, 3.8) is 0 Å². The summed E-state index contributed by atoms with van der Waals surface area (Å²) < 4.78 is 0. The number of hydrogen-bond acceptors (Lipinski definition) is 7. The fraction of sp³-hybridized carbons (Fsp3) is 0.630. The molecule has 13 heteroatoms. The Morgan fingerprint density at radius 2 is 1.51 bits per heavy atom. The Hall–Kier alpha value is -4.81. The van der Waals surface area contributed by atoms with Crippen molar-refractivity contribution in [1.29, 1.82) is 0 Å². The van der Waals surface area contributed by atoms with Crippen LogP contribution in [0.2, 0.25) is 0 Å². The number of Topliss-reactive ketones (excluding diaryl/α,β-unsaturated/α-hetero) is 2. The molecule has 0 unspecified atom stereocenters. The Morgan fingerprint density at radius 3 is 2.14 bits per heavy atom. The molecule has 13 nitrogen and oxygen atoms in total. The number of nitrogens with one attached hydrogen (secondary N) is 5. The summed E-state index contributed by atoms with van der Waals surface area (Å²) in [5.41, 5.74) is 1.53. The summed E-state index contributed by atoms with van der Waals surface area (Å²) in [6, 6.07) is 5.08. The number of hydrogen-bond donors (Lipinski definition) is 5. The summed E-state index contributed by atoms with van der Waals surface area (Å²) in [6.45, 7) is 10.7. The lowest BCUT2D eigenvalue weighted by atomic mass is 9.81. The minimum atomic E-state index is -1.05. The maximum atomic E-state index is 15.1. The van der Waals surface area contributed by atoms with E-state index in [0.717, 1.165) is 64.2 Å². The molecule has 59 heavy (non-hydrogen) atoms. The fourth-order valence-corrected chi connectivity index (χ4v) is 9.72. The van der Waals surface area contributed by atoms with Crippen molar-refractivity contribution in [1.82, 2.24) is 31.2 Å². The number of amides is 5. The van der Waals surface area contributed by atoms with Crippen molar-refractivity contribution in [2.75, 3.05) is 0 Å². The van der Waals surface area contributed by atoms with Crippen LogP contribution in [0.1, 0.15) is 151 Å². The Kier molecular flexibility index (Phi) is 13.8. The van der Waals surface area contributed by atoms with Crippen molar-refractivity contribution < 1.29 is 33.6 Å². The smallest absolute Gasteiger partial charge is 0.289 e. The molecule has 1 saturated heterocycles. The van der Waals surface area contributed by atoms with Gasteiger partial charge in [-0.3, -0.25) is 33.6 Å². The summed E-state index contributed by atoms with van der Waals surface area (Å²) in [5, 5.41) is 11.8. The van der Waals surface area contributed by atoms with Crippen LogP contribution in [0, 0.1) is 24.2 Å². The van der Waals surface area contributed by atoms with Gasteiger partial charge in [-0.25, -0.2) is 0 Å². The minimum Gasteiger partial charge on any atom is -0.353 e. The average molecular weight is 813 g/mol. The van der Waals surface area contributed by atoms with Gasteiger partial charge in [0.05, 0.1) is 6.04 Å². The number of benzene rings is 1. The second-order valence-corrected chi connectivity index (χ2v) is 18.5. The lowest BCUT2D eigenvalue weighted by Gasteiger charge is -2.40. The van der Waals surface area contributed by atoms with Crippen molar-refractivity contribution in [2.24, 2.45) is 17.3 Å². The van der Waals surface area contributed by atoms with Gasteiger partial charge < -0.3 is 31.2 Å².